The molecule has 0 N–H and O–H groups in total. The average molecular weight is 210 g/mol. The molecular formula is C3H4Cl4Si. The Morgan fingerprint density at radius 3 is 1.75 bits per heavy atom. The lowest BCUT2D eigenvalue weighted by Crippen LogP contribution is -2.04. The van der Waals surface area contributed by atoms with E-state index >= 15 is 0 Å². The molecule has 0 spiro atoms. The zero-order valence-electron chi connectivity index (χ0n) is 3.87. The molecule has 0 aromatic rings. The molecular weight excluding hydrogens is 206 g/mol. The maximum atomic E-state index is 5.46. The second-order valence-corrected chi connectivity index (χ2v) is 6.90. The van der Waals surface area contributed by atoms with Crippen molar-refractivity contribution in [3.63, 3.8) is 0 Å². The fourth-order valence-electron chi connectivity index (χ4n) is 0.0952. The van der Waals surface area contributed by atoms with E-state index in [0.717, 1.165) is 0 Å². The van der Waals surface area contributed by atoms with Crippen LogP contribution in [0, 0.1) is 0 Å². The smallest absolute Gasteiger partial charge is 0.145 e. The largest absolute Gasteiger partial charge is 0.264 e. The monoisotopic (exact) mass is 208 g/mol. The van der Waals surface area contributed by atoms with Crippen molar-refractivity contribution in [1.82, 2.24) is 0 Å². The summed E-state index contributed by atoms with van der Waals surface area (Å²) >= 11 is 21.6. The van der Waals surface area contributed by atoms with E-state index < -0.39 is 12.3 Å². The number of hydrogen-bond donors (Lipinski definition) is 0. The van der Waals surface area contributed by atoms with Gasteiger partial charge in [-0.15, -0.1) is 45.4 Å². The van der Waals surface area contributed by atoms with Gasteiger partial charge in [0.2, 0.25) is 0 Å². The Balaban J connectivity index is 3.65. The molecule has 0 rings (SSSR count). The molecule has 0 aliphatic carbocycles. The summed E-state index contributed by atoms with van der Waals surface area (Å²) in [6.45, 7) is 3.49. The lowest BCUT2D eigenvalue weighted by Gasteiger charge is -2.02. The number of hydrogen-bond acceptors (Lipinski definition) is 0. The van der Waals surface area contributed by atoms with Crippen LogP contribution in [0.5, 0.6) is 0 Å². The molecule has 5 heteroatoms. The Bertz CT molecular complexity index is 79.3. The topological polar surface area (TPSA) is 0 Å². The first-order valence-electron chi connectivity index (χ1n) is 1.80. The van der Waals surface area contributed by atoms with Crippen molar-refractivity contribution in [2.24, 2.45) is 0 Å². The van der Waals surface area contributed by atoms with Gasteiger partial charge < -0.3 is 0 Å². The normalized spacial score (nSPS) is 10.8. The predicted molar refractivity (Wildman–Crippen MR) is 43.5 cm³/mol. The molecule has 0 fully saturated rings. The van der Waals surface area contributed by atoms with Crippen LogP contribution in [0.2, 0.25) is 0 Å². The zero-order chi connectivity index (χ0) is 6.73. The molecule has 0 aromatic carbocycles. The molecule has 0 saturated heterocycles. The van der Waals surface area contributed by atoms with E-state index in [4.69, 9.17) is 45.4 Å². The maximum Gasteiger partial charge on any atom is 0.264 e. The summed E-state index contributed by atoms with van der Waals surface area (Å²) in [5.41, 5.74) is 0. The Morgan fingerprint density at radius 2 is 1.75 bits per heavy atom. The summed E-state index contributed by atoms with van der Waals surface area (Å²) in [4.78, 5) is -0.610. The zero-order valence-corrected chi connectivity index (χ0v) is 8.05. The summed E-state index contributed by atoms with van der Waals surface area (Å²) in [5.74, 6) is 0. The van der Waals surface area contributed by atoms with Gasteiger partial charge in [0, 0.05) is 0 Å². The van der Waals surface area contributed by atoms with Crippen LogP contribution in [-0.4, -0.2) is 12.3 Å². The van der Waals surface area contributed by atoms with Crippen LogP contribution in [0.15, 0.2) is 11.8 Å². The molecule has 0 aromatic heterocycles. The molecule has 8 heavy (non-hydrogen) atoms. The lowest BCUT2D eigenvalue weighted by molar-refractivity contribution is 1.56. The van der Waals surface area contributed by atoms with E-state index in [-0.39, 0.29) is 0 Å². The molecule has 0 atom stereocenters. The van der Waals surface area contributed by atoms with Gasteiger partial charge >= 0.3 is 0 Å². The van der Waals surface area contributed by atoms with Gasteiger partial charge in [0.1, 0.15) is 4.84 Å². The first kappa shape index (κ1) is 9.12. The van der Waals surface area contributed by atoms with Gasteiger partial charge in [-0.2, -0.15) is 0 Å². The molecule has 0 heterocycles. The van der Waals surface area contributed by atoms with E-state index in [1.807, 2.05) is 0 Å². The van der Waals surface area contributed by atoms with Crippen molar-refractivity contribution >= 4 is 52.8 Å². The SMILES string of the molecule is C=C(C(Cl)Cl)[SiH](Cl)Cl. The quantitative estimate of drug-likeness (QED) is 0.373. The highest BCUT2D eigenvalue weighted by atomic mass is 35.7. The summed E-state index contributed by atoms with van der Waals surface area (Å²) < 4.78 is 0. The molecule has 0 amide bonds. The van der Waals surface area contributed by atoms with Gasteiger partial charge in [0.25, 0.3) is 7.42 Å². The highest BCUT2D eigenvalue weighted by molar-refractivity contribution is 7.37. The molecule has 0 aliphatic rings. The lowest BCUT2D eigenvalue weighted by atomic mass is 10.7. The van der Waals surface area contributed by atoms with Crippen LogP contribution in [0.25, 0.3) is 0 Å². The minimum atomic E-state index is -1.84. The number of halogens is 4. The van der Waals surface area contributed by atoms with Crippen LogP contribution >= 0.6 is 45.4 Å². The van der Waals surface area contributed by atoms with E-state index in [2.05, 4.69) is 6.58 Å². The molecule has 0 unspecified atom stereocenters. The summed E-state index contributed by atoms with van der Waals surface area (Å²) in [5, 5.41) is 0.552. The first-order valence-corrected chi connectivity index (χ1v) is 6.75. The van der Waals surface area contributed by atoms with Gasteiger partial charge in [0.05, 0.1) is 0 Å². The molecule has 0 bridgehead atoms. The average Bonchev–Trinajstić information content (AvgIpc) is 1.64. The second-order valence-electron chi connectivity index (χ2n) is 1.18. The van der Waals surface area contributed by atoms with Crippen LogP contribution in [0.4, 0.5) is 0 Å². The van der Waals surface area contributed by atoms with Gasteiger partial charge in [-0.25, -0.2) is 0 Å². The van der Waals surface area contributed by atoms with Crippen molar-refractivity contribution < 1.29 is 0 Å². The van der Waals surface area contributed by atoms with Crippen LogP contribution in [0.3, 0.4) is 0 Å². The molecule has 0 aliphatic heterocycles. The number of alkyl halides is 2. The van der Waals surface area contributed by atoms with E-state index in [1.165, 1.54) is 0 Å². The van der Waals surface area contributed by atoms with Gasteiger partial charge in [-0.1, -0.05) is 6.58 Å². The molecule has 0 radical (unpaired) electrons. The Morgan fingerprint density at radius 1 is 1.38 bits per heavy atom. The fourth-order valence-corrected chi connectivity index (χ4v) is 2.57. The van der Waals surface area contributed by atoms with Gasteiger partial charge in [-0.3, -0.25) is 0 Å². The van der Waals surface area contributed by atoms with E-state index in [0.29, 0.717) is 5.20 Å². The Kier molecular flexibility index (Phi) is 4.58. The summed E-state index contributed by atoms with van der Waals surface area (Å²) in [7, 11) is -1.84. The minimum absolute atomic E-state index is 0.552. The van der Waals surface area contributed by atoms with Crippen molar-refractivity contribution in [3.05, 3.63) is 11.8 Å². The summed E-state index contributed by atoms with van der Waals surface area (Å²) in [6, 6.07) is 0. The van der Waals surface area contributed by atoms with Crippen LogP contribution in [0.1, 0.15) is 0 Å². The van der Waals surface area contributed by atoms with Crippen molar-refractivity contribution in [2.45, 2.75) is 4.84 Å². The highest BCUT2D eigenvalue weighted by Gasteiger charge is 2.13. The van der Waals surface area contributed by atoms with E-state index in [1.54, 1.807) is 0 Å². The second kappa shape index (κ2) is 4.02. The van der Waals surface area contributed by atoms with Crippen molar-refractivity contribution in [3.8, 4) is 0 Å². The van der Waals surface area contributed by atoms with Crippen LogP contribution < -0.4 is 0 Å². The first-order chi connectivity index (χ1) is 3.55. The fraction of sp³-hybridized carbons (Fsp3) is 0.333. The standard InChI is InChI=1S/C3H4Cl4Si/c1-2(3(4)5)8(6)7/h3,8H,1H2. The van der Waals surface area contributed by atoms with Gasteiger partial charge in [-0.05, 0) is 5.20 Å². The third-order valence-electron chi connectivity index (χ3n) is 0.561. The third kappa shape index (κ3) is 3.20. The molecule has 0 saturated carbocycles. The van der Waals surface area contributed by atoms with E-state index in [9.17, 15) is 0 Å². The maximum absolute atomic E-state index is 5.46. The van der Waals surface area contributed by atoms with Crippen LogP contribution in [-0.2, 0) is 0 Å². The summed E-state index contributed by atoms with van der Waals surface area (Å²) in [6.07, 6.45) is 0. The van der Waals surface area contributed by atoms with Gasteiger partial charge in [0.15, 0.2) is 0 Å². The minimum Gasteiger partial charge on any atom is -0.145 e. The number of allylic oxidation sites excluding steroid dienone is 1. The molecule has 48 valence electrons. The van der Waals surface area contributed by atoms with Crippen molar-refractivity contribution in [2.75, 3.05) is 0 Å². The highest BCUT2D eigenvalue weighted by Crippen LogP contribution is 2.18. The molecule has 0 nitrogen and oxygen atoms in total. The Labute approximate surface area is 69.4 Å². The number of rotatable bonds is 2. The van der Waals surface area contributed by atoms with Crippen molar-refractivity contribution in [1.29, 1.82) is 0 Å². The third-order valence-corrected chi connectivity index (χ3v) is 4.12. The Hall–Kier alpha value is 1.12. The predicted octanol–water partition coefficient (Wildman–Crippen LogP) is 2.58.